The Hall–Kier alpha value is -2.38. The summed E-state index contributed by atoms with van der Waals surface area (Å²) in [4.78, 5) is 12.4. The number of aryl methyl sites for hydroxylation is 1. The molecule has 0 aliphatic carbocycles. The standard InChI is InChI=1S/C22H28N2O4S/c1-18-7-5-6-8-20(18)17-29(26,27)24-14-11-19(12-15-24)22(25)23-13-16-28-21-9-3-2-4-10-21/h2-10,19H,11-17H2,1H3,(H,23,25). The number of hydrogen-bond acceptors (Lipinski definition) is 4. The van der Waals surface area contributed by atoms with Gasteiger partial charge in [0, 0.05) is 19.0 Å². The smallest absolute Gasteiger partial charge is 0.223 e. The fourth-order valence-electron chi connectivity index (χ4n) is 3.46. The third-order valence-corrected chi connectivity index (χ3v) is 7.06. The zero-order chi connectivity index (χ0) is 20.7. The summed E-state index contributed by atoms with van der Waals surface area (Å²) in [5.74, 6) is 0.594. The number of carbonyl (C=O) groups is 1. The van der Waals surface area contributed by atoms with E-state index in [-0.39, 0.29) is 17.6 Å². The first-order valence-electron chi connectivity index (χ1n) is 9.93. The Labute approximate surface area is 172 Å². The van der Waals surface area contributed by atoms with E-state index in [2.05, 4.69) is 5.32 Å². The summed E-state index contributed by atoms with van der Waals surface area (Å²) in [6.45, 7) is 3.52. The molecule has 1 N–H and O–H groups in total. The number of benzene rings is 2. The molecule has 1 aliphatic rings. The first kappa shape index (κ1) is 21.3. The lowest BCUT2D eigenvalue weighted by Gasteiger charge is -2.30. The zero-order valence-electron chi connectivity index (χ0n) is 16.7. The second kappa shape index (κ2) is 9.89. The van der Waals surface area contributed by atoms with Crippen LogP contribution in [-0.2, 0) is 20.6 Å². The Bertz CT molecular complexity index is 907. The van der Waals surface area contributed by atoms with E-state index in [0.29, 0.717) is 39.1 Å². The van der Waals surface area contributed by atoms with Gasteiger partial charge < -0.3 is 10.1 Å². The van der Waals surface area contributed by atoms with Crippen molar-refractivity contribution in [3.8, 4) is 5.75 Å². The van der Waals surface area contributed by atoms with Crippen molar-refractivity contribution < 1.29 is 17.9 Å². The van der Waals surface area contributed by atoms with Crippen molar-refractivity contribution in [3.05, 3.63) is 65.7 Å². The maximum atomic E-state index is 12.7. The summed E-state index contributed by atoms with van der Waals surface area (Å²) in [6, 6.07) is 17.0. The van der Waals surface area contributed by atoms with Crippen molar-refractivity contribution in [2.45, 2.75) is 25.5 Å². The van der Waals surface area contributed by atoms with Crippen LogP contribution in [0.2, 0.25) is 0 Å². The Morgan fingerprint density at radius 3 is 2.41 bits per heavy atom. The van der Waals surface area contributed by atoms with Gasteiger partial charge in [-0.3, -0.25) is 4.79 Å². The van der Waals surface area contributed by atoms with E-state index < -0.39 is 10.0 Å². The number of nitrogens with zero attached hydrogens (tertiary/aromatic N) is 1. The zero-order valence-corrected chi connectivity index (χ0v) is 17.5. The van der Waals surface area contributed by atoms with Crippen LogP contribution in [0.4, 0.5) is 0 Å². The van der Waals surface area contributed by atoms with Gasteiger partial charge in [-0.05, 0) is 43.0 Å². The topological polar surface area (TPSA) is 75.7 Å². The molecule has 156 valence electrons. The van der Waals surface area contributed by atoms with E-state index in [1.54, 1.807) is 0 Å². The van der Waals surface area contributed by atoms with E-state index in [1.165, 1.54) is 4.31 Å². The third kappa shape index (κ3) is 6.05. The van der Waals surface area contributed by atoms with Gasteiger partial charge in [-0.15, -0.1) is 0 Å². The molecule has 1 fully saturated rings. The number of hydrogen-bond donors (Lipinski definition) is 1. The van der Waals surface area contributed by atoms with Gasteiger partial charge in [-0.2, -0.15) is 0 Å². The molecule has 2 aromatic rings. The lowest BCUT2D eigenvalue weighted by Crippen LogP contribution is -2.44. The third-order valence-electron chi connectivity index (χ3n) is 5.23. The second-order valence-corrected chi connectivity index (χ2v) is 9.28. The van der Waals surface area contributed by atoms with Crippen LogP contribution in [0, 0.1) is 12.8 Å². The minimum atomic E-state index is -3.38. The summed E-state index contributed by atoms with van der Waals surface area (Å²) in [7, 11) is -3.38. The molecule has 1 aliphatic heterocycles. The lowest BCUT2D eigenvalue weighted by atomic mass is 9.97. The van der Waals surface area contributed by atoms with E-state index in [1.807, 2.05) is 61.5 Å². The molecule has 1 amide bonds. The highest BCUT2D eigenvalue weighted by Gasteiger charge is 2.31. The first-order valence-corrected chi connectivity index (χ1v) is 11.5. The lowest BCUT2D eigenvalue weighted by molar-refractivity contribution is -0.126. The number of sulfonamides is 1. The average Bonchev–Trinajstić information content (AvgIpc) is 2.73. The number of para-hydroxylation sites is 1. The van der Waals surface area contributed by atoms with E-state index in [0.717, 1.165) is 16.9 Å². The highest BCUT2D eigenvalue weighted by molar-refractivity contribution is 7.88. The number of carbonyl (C=O) groups excluding carboxylic acids is 1. The van der Waals surface area contributed by atoms with Crippen LogP contribution >= 0.6 is 0 Å². The molecule has 0 spiro atoms. The van der Waals surface area contributed by atoms with Crippen LogP contribution < -0.4 is 10.1 Å². The van der Waals surface area contributed by atoms with Crippen molar-refractivity contribution in [2.75, 3.05) is 26.2 Å². The number of amides is 1. The van der Waals surface area contributed by atoms with E-state index in [9.17, 15) is 13.2 Å². The molecule has 0 bridgehead atoms. The van der Waals surface area contributed by atoms with Crippen LogP contribution in [0.15, 0.2) is 54.6 Å². The van der Waals surface area contributed by atoms with Crippen molar-refractivity contribution in [3.63, 3.8) is 0 Å². The second-order valence-electron chi connectivity index (χ2n) is 7.31. The summed E-state index contributed by atoms with van der Waals surface area (Å²) in [5.41, 5.74) is 1.80. The highest BCUT2D eigenvalue weighted by atomic mass is 32.2. The Morgan fingerprint density at radius 1 is 1.07 bits per heavy atom. The molecule has 29 heavy (non-hydrogen) atoms. The molecule has 0 radical (unpaired) electrons. The molecule has 2 aromatic carbocycles. The molecule has 0 saturated carbocycles. The van der Waals surface area contributed by atoms with Crippen molar-refractivity contribution >= 4 is 15.9 Å². The maximum absolute atomic E-state index is 12.7. The van der Waals surface area contributed by atoms with E-state index in [4.69, 9.17) is 4.74 Å². The maximum Gasteiger partial charge on any atom is 0.223 e. The molecule has 1 heterocycles. The van der Waals surface area contributed by atoms with Gasteiger partial charge in [0.25, 0.3) is 0 Å². The van der Waals surface area contributed by atoms with Gasteiger partial charge in [0.05, 0.1) is 12.3 Å². The summed E-state index contributed by atoms with van der Waals surface area (Å²) in [5, 5.41) is 2.89. The van der Waals surface area contributed by atoms with Gasteiger partial charge in [0.2, 0.25) is 15.9 Å². The largest absolute Gasteiger partial charge is 0.492 e. The SMILES string of the molecule is Cc1ccccc1CS(=O)(=O)N1CCC(C(=O)NCCOc2ccccc2)CC1. The van der Waals surface area contributed by atoms with Gasteiger partial charge in [-0.25, -0.2) is 12.7 Å². The predicted molar refractivity (Wildman–Crippen MR) is 113 cm³/mol. The molecule has 0 atom stereocenters. The Balaban J connectivity index is 1.42. The minimum absolute atomic E-state index is 0.00730. The molecule has 0 aromatic heterocycles. The van der Waals surface area contributed by atoms with Gasteiger partial charge >= 0.3 is 0 Å². The molecule has 1 saturated heterocycles. The highest BCUT2D eigenvalue weighted by Crippen LogP contribution is 2.22. The van der Waals surface area contributed by atoms with Crippen molar-refractivity contribution in [1.29, 1.82) is 0 Å². The number of rotatable bonds is 8. The summed E-state index contributed by atoms with van der Waals surface area (Å²) < 4.78 is 32.6. The van der Waals surface area contributed by atoms with E-state index >= 15 is 0 Å². The van der Waals surface area contributed by atoms with Crippen LogP contribution in [-0.4, -0.2) is 44.9 Å². The van der Waals surface area contributed by atoms with Crippen LogP contribution in [0.1, 0.15) is 24.0 Å². The Morgan fingerprint density at radius 2 is 1.72 bits per heavy atom. The van der Waals surface area contributed by atoms with Crippen LogP contribution in [0.5, 0.6) is 5.75 Å². The molecule has 6 nitrogen and oxygen atoms in total. The summed E-state index contributed by atoms with van der Waals surface area (Å²) in [6.07, 6.45) is 1.08. The summed E-state index contributed by atoms with van der Waals surface area (Å²) >= 11 is 0. The monoisotopic (exact) mass is 416 g/mol. The first-order chi connectivity index (χ1) is 14.0. The normalized spacial score (nSPS) is 15.8. The fraction of sp³-hybridized carbons (Fsp3) is 0.409. The van der Waals surface area contributed by atoms with Gasteiger partial charge in [-0.1, -0.05) is 42.5 Å². The molecule has 0 unspecified atom stereocenters. The van der Waals surface area contributed by atoms with Crippen molar-refractivity contribution in [2.24, 2.45) is 5.92 Å². The molecular weight excluding hydrogens is 388 g/mol. The Kier molecular flexibility index (Phi) is 7.28. The number of piperidine rings is 1. The van der Waals surface area contributed by atoms with Crippen LogP contribution in [0.25, 0.3) is 0 Å². The van der Waals surface area contributed by atoms with Gasteiger partial charge in [0.15, 0.2) is 0 Å². The minimum Gasteiger partial charge on any atom is -0.492 e. The molecule has 3 rings (SSSR count). The number of ether oxygens (including phenoxy) is 1. The molecular formula is C22H28N2O4S. The van der Waals surface area contributed by atoms with Crippen molar-refractivity contribution in [1.82, 2.24) is 9.62 Å². The number of nitrogens with one attached hydrogen (secondary N) is 1. The molecule has 7 heteroatoms. The fourth-order valence-corrected chi connectivity index (χ4v) is 5.13. The average molecular weight is 417 g/mol. The van der Waals surface area contributed by atoms with Gasteiger partial charge in [0.1, 0.15) is 12.4 Å². The quantitative estimate of drug-likeness (QED) is 0.672. The predicted octanol–water partition coefficient (Wildman–Crippen LogP) is 2.73. The van der Waals surface area contributed by atoms with Crippen LogP contribution in [0.3, 0.4) is 0 Å².